The number of ether oxygens (including phenoxy) is 2. The summed E-state index contributed by atoms with van der Waals surface area (Å²) in [6.45, 7) is 6.41. The molecule has 0 heterocycles. The lowest BCUT2D eigenvalue weighted by atomic mass is 9.87. The van der Waals surface area contributed by atoms with Gasteiger partial charge in [-0.2, -0.15) is 0 Å². The van der Waals surface area contributed by atoms with Crippen LogP contribution < -0.4 is 10.1 Å². The first-order chi connectivity index (χ1) is 12.3. The number of amides is 1. The Labute approximate surface area is 154 Å². The molecule has 2 rings (SSSR count). The van der Waals surface area contributed by atoms with Gasteiger partial charge in [-0.3, -0.25) is 9.59 Å². The van der Waals surface area contributed by atoms with Crippen molar-refractivity contribution in [3.05, 3.63) is 65.2 Å². The topological polar surface area (TPSA) is 64.6 Å². The predicted octanol–water partition coefficient (Wildman–Crippen LogP) is 3.47. The van der Waals surface area contributed by atoms with Crippen molar-refractivity contribution in [3.63, 3.8) is 0 Å². The van der Waals surface area contributed by atoms with Gasteiger partial charge in [0, 0.05) is 0 Å². The summed E-state index contributed by atoms with van der Waals surface area (Å²) in [6, 6.07) is 14.8. The van der Waals surface area contributed by atoms with Gasteiger partial charge in [0.1, 0.15) is 18.9 Å². The fraction of sp³-hybridized carbons (Fsp3) is 0.333. The minimum Gasteiger partial charge on any atom is -0.496 e. The zero-order valence-corrected chi connectivity index (χ0v) is 15.7. The van der Waals surface area contributed by atoms with E-state index < -0.39 is 5.97 Å². The number of nitrogens with one attached hydrogen (secondary N) is 1. The average Bonchev–Trinajstić information content (AvgIpc) is 2.64. The third-order valence-corrected chi connectivity index (χ3v) is 3.96. The van der Waals surface area contributed by atoms with Crippen LogP contribution in [0.4, 0.5) is 0 Å². The number of carbonyl (C=O) groups excluding carboxylic acids is 2. The molecule has 0 saturated carbocycles. The molecule has 0 radical (unpaired) electrons. The summed E-state index contributed by atoms with van der Waals surface area (Å²) in [4.78, 5) is 24.0. The molecule has 0 aliphatic heterocycles. The van der Waals surface area contributed by atoms with Gasteiger partial charge in [0.15, 0.2) is 0 Å². The summed E-state index contributed by atoms with van der Waals surface area (Å²) in [5.41, 5.74) is 2.58. The van der Waals surface area contributed by atoms with Gasteiger partial charge in [0.05, 0.1) is 12.7 Å². The van der Waals surface area contributed by atoms with Crippen molar-refractivity contribution in [1.82, 2.24) is 5.32 Å². The van der Waals surface area contributed by atoms with E-state index in [2.05, 4.69) is 26.1 Å². The summed E-state index contributed by atoms with van der Waals surface area (Å²) in [5.74, 6) is -0.417. The molecule has 2 aromatic rings. The lowest BCUT2D eigenvalue weighted by Gasteiger charge is -2.19. The first-order valence-electron chi connectivity index (χ1n) is 8.47. The summed E-state index contributed by atoms with van der Waals surface area (Å²) >= 11 is 0. The van der Waals surface area contributed by atoms with E-state index in [9.17, 15) is 9.59 Å². The Hall–Kier alpha value is -2.82. The van der Waals surface area contributed by atoms with Gasteiger partial charge >= 0.3 is 5.97 Å². The minimum atomic E-state index is -0.492. The molecule has 0 unspecified atom stereocenters. The largest absolute Gasteiger partial charge is 0.496 e. The molecule has 0 aliphatic carbocycles. The molecule has 0 fully saturated rings. The molecule has 1 amide bonds. The standard InChI is InChI=1S/C21H25NO4/c1-21(2,3)16-11-9-15(10-12-16)14-26-19(23)13-22-20(24)17-7-5-6-8-18(17)25-4/h5-12H,13-14H2,1-4H3,(H,22,24). The second kappa shape index (κ2) is 8.52. The molecule has 0 spiro atoms. The zero-order valence-electron chi connectivity index (χ0n) is 15.7. The number of carbonyl (C=O) groups is 2. The Kier molecular flexibility index (Phi) is 6.39. The van der Waals surface area contributed by atoms with Gasteiger partial charge in [0.25, 0.3) is 5.91 Å². The fourth-order valence-corrected chi connectivity index (χ4v) is 2.40. The number of methoxy groups -OCH3 is 1. The van der Waals surface area contributed by atoms with Crippen LogP contribution in [-0.4, -0.2) is 25.5 Å². The Morgan fingerprint density at radius 3 is 2.27 bits per heavy atom. The van der Waals surface area contributed by atoms with E-state index in [0.29, 0.717) is 11.3 Å². The van der Waals surface area contributed by atoms with Gasteiger partial charge in [-0.1, -0.05) is 57.2 Å². The first-order valence-corrected chi connectivity index (χ1v) is 8.47. The van der Waals surface area contributed by atoms with Crippen LogP contribution in [0.3, 0.4) is 0 Å². The molecule has 1 N–H and O–H groups in total. The third-order valence-electron chi connectivity index (χ3n) is 3.96. The van der Waals surface area contributed by atoms with Crippen LogP contribution in [0.5, 0.6) is 5.75 Å². The molecule has 138 valence electrons. The summed E-state index contributed by atoms with van der Waals surface area (Å²) in [7, 11) is 1.49. The van der Waals surface area contributed by atoms with Crippen molar-refractivity contribution in [1.29, 1.82) is 0 Å². The predicted molar refractivity (Wildman–Crippen MR) is 100 cm³/mol. The van der Waals surface area contributed by atoms with Gasteiger partial charge in [-0.25, -0.2) is 0 Å². The molecule has 5 heteroatoms. The first kappa shape index (κ1) is 19.5. The van der Waals surface area contributed by atoms with E-state index in [-0.39, 0.29) is 24.5 Å². The van der Waals surface area contributed by atoms with Crippen LogP contribution in [-0.2, 0) is 21.6 Å². The highest BCUT2D eigenvalue weighted by molar-refractivity contribution is 5.98. The Bertz CT molecular complexity index is 760. The maximum absolute atomic E-state index is 12.1. The smallest absolute Gasteiger partial charge is 0.325 e. The van der Waals surface area contributed by atoms with Gasteiger partial charge in [-0.05, 0) is 28.7 Å². The zero-order chi connectivity index (χ0) is 19.2. The van der Waals surface area contributed by atoms with Crippen LogP contribution in [0.2, 0.25) is 0 Å². The van der Waals surface area contributed by atoms with Crippen LogP contribution in [0, 0.1) is 0 Å². The van der Waals surface area contributed by atoms with Crippen molar-refractivity contribution in [2.24, 2.45) is 0 Å². The second-order valence-corrected chi connectivity index (χ2v) is 6.99. The van der Waals surface area contributed by atoms with Crippen LogP contribution in [0.15, 0.2) is 48.5 Å². The van der Waals surface area contributed by atoms with E-state index >= 15 is 0 Å². The molecule has 5 nitrogen and oxygen atoms in total. The van der Waals surface area contributed by atoms with Gasteiger partial charge in [0.2, 0.25) is 0 Å². The molecular formula is C21H25NO4. The maximum atomic E-state index is 12.1. The number of benzene rings is 2. The Balaban J connectivity index is 1.83. The Morgan fingerprint density at radius 1 is 1.00 bits per heavy atom. The van der Waals surface area contributed by atoms with Crippen molar-refractivity contribution in [3.8, 4) is 5.75 Å². The monoisotopic (exact) mass is 355 g/mol. The van der Waals surface area contributed by atoms with Crippen molar-refractivity contribution < 1.29 is 19.1 Å². The van der Waals surface area contributed by atoms with E-state index in [1.54, 1.807) is 24.3 Å². The maximum Gasteiger partial charge on any atom is 0.325 e. The normalized spacial score (nSPS) is 10.9. The SMILES string of the molecule is COc1ccccc1C(=O)NCC(=O)OCc1ccc(C(C)(C)C)cc1. The summed E-state index contributed by atoms with van der Waals surface area (Å²) < 4.78 is 10.3. The van der Waals surface area contributed by atoms with Crippen LogP contribution >= 0.6 is 0 Å². The van der Waals surface area contributed by atoms with E-state index in [1.165, 1.54) is 12.7 Å². The lowest BCUT2D eigenvalue weighted by molar-refractivity contribution is -0.143. The summed E-state index contributed by atoms with van der Waals surface area (Å²) in [6.07, 6.45) is 0. The second-order valence-electron chi connectivity index (χ2n) is 6.99. The summed E-state index contributed by atoms with van der Waals surface area (Å²) in [5, 5.41) is 2.55. The van der Waals surface area contributed by atoms with Crippen molar-refractivity contribution in [2.75, 3.05) is 13.7 Å². The minimum absolute atomic E-state index is 0.0813. The number of hydrogen-bond donors (Lipinski definition) is 1. The number of hydrogen-bond acceptors (Lipinski definition) is 4. The molecule has 0 bridgehead atoms. The van der Waals surface area contributed by atoms with E-state index in [1.807, 2.05) is 24.3 Å². The quantitative estimate of drug-likeness (QED) is 0.806. The van der Waals surface area contributed by atoms with Gasteiger partial charge < -0.3 is 14.8 Å². The number of esters is 1. The number of para-hydroxylation sites is 1. The molecule has 0 aromatic heterocycles. The molecular weight excluding hydrogens is 330 g/mol. The highest BCUT2D eigenvalue weighted by Gasteiger charge is 2.14. The highest BCUT2D eigenvalue weighted by Crippen LogP contribution is 2.22. The van der Waals surface area contributed by atoms with Crippen LogP contribution in [0.1, 0.15) is 42.3 Å². The molecule has 2 aromatic carbocycles. The lowest BCUT2D eigenvalue weighted by Crippen LogP contribution is -2.30. The molecule has 0 aliphatic rings. The van der Waals surface area contributed by atoms with Crippen LogP contribution in [0.25, 0.3) is 0 Å². The third kappa shape index (κ3) is 5.34. The Morgan fingerprint density at radius 2 is 1.65 bits per heavy atom. The van der Waals surface area contributed by atoms with Gasteiger partial charge in [-0.15, -0.1) is 0 Å². The van der Waals surface area contributed by atoms with E-state index in [4.69, 9.17) is 9.47 Å². The average molecular weight is 355 g/mol. The molecule has 26 heavy (non-hydrogen) atoms. The van der Waals surface area contributed by atoms with E-state index in [0.717, 1.165) is 5.56 Å². The van der Waals surface area contributed by atoms with Crippen molar-refractivity contribution in [2.45, 2.75) is 32.8 Å². The molecule has 0 saturated heterocycles. The molecule has 0 atom stereocenters. The number of rotatable bonds is 6. The fourth-order valence-electron chi connectivity index (χ4n) is 2.40. The van der Waals surface area contributed by atoms with Crippen molar-refractivity contribution >= 4 is 11.9 Å². The highest BCUT2D eigenvalue weighted by atomic mass is 16.5.